The van der Waals surface area contributed by atoms with E-state index in [2.05, 4.69) is 10.6 Å². The third-order valence-corrected chi connectivity index (χ3v) is 3.59. The van der Waals surface area contributed by atoms with Crippen molar-refractivity contribution in [3.8, 4) is 0 Å². The van der Waals surface area contributed by atoms with Gasteiger partial charge in [0.1, 0.15) is 0 Å². The quantitative estimate of drug-likeness (QED) is 0.735. The van der Waals surface area contributed by atoms with Crippen LogP contribution in [-0.2, 0) is 14.3 Å². The van der Waals surface area contributed by atoms with Crippen LogP contribution in [0.4, 0.5) is 4.79 Å². The van der Waals surface area contributed by atoms with Gasteiger partial charge in [0.2, 0.25) is 11.8 Å². The molecule has 2 N–H and O–H groups in total. The normalized spacial score (nSPS) is 15.3. The smallest absolute Gasteiger partial charge is 0.409 e. The number of nitrogens with zero attached hydrogens (tertiary/aromatic N) is 1. The number of piperidine rings is 1. The van der Waals surface area contributed by atoms with Gasteiger partial charge in [-0.3, -0.25) is 9.59 Å². The summed E-state index contributed by atoms with van der Waals surface area (Å²) in [7, 11) is 0. The third-order valence-electron chi connectivity index (χ3n) is 3.59. The first kappa shape index (κ1) is 18.3. The van der Waals surface area contributed by atoms with Crippen LogP contribution in [0.1, 0.15) is 46.0 Å². The number of likely N-dealkylation sites (tertiary alicyclic amines) is 1. The Morgan fingerprint density at radius 2 is 1.82 bits per heavy atom. The van der Waals surface area contributed by atoms with Gasteiger partial charge < -0.3 is 20.3 Å². The topological polar surface area (TPSA) is 87.7 Å². The number of nitrogens with one attached hydrogen (secondary N) is 2. The summed E-state index contributed by atoms with van der Waals surface area (Å²) in [6.07, 6.45) is 3.36. The predicted octanol–water partition coefficient (Wildman–Crippen LogP) is 1.03. The van der Waals surface area contributed by atoms with Crippen molar-refractivity contribution in [2.75, 3.05) is 26.2 Å². The monoisotopic (exact) mass is 313 g/mol. The third kappa shape index (κ3) is 6.78. The van der Waals surface area contributed by atoms with E-state index in [1.807, 2.05) is 6.92 Å². The van der Waals surface area contributed by atoms with E-state index in [1.165, 1.54) is 0 Å². The lowest BCUT2D eigenvalue weighted by Gasteiger charge is -2.31. The van der Waals surface area contributed by atoms with Crippen LogP contribution in [0.15, 0.2) is 0 Å². The van der Waals surface area contributed by atoms with Crippen molar-refractivity contribution in [2.45, 2.75) is 52.0 Å². The van der Waals surface area contributed by atoms with E-state index in [0.29, 0.717) is 39.0 Å². The Bertz CT molecular complexity index is 379. The molecule has 1 aliphatic heterocycles. The Hall–Kier alpha value is -1.79. The highest BCUT2D eigenvalue weighted by atomic mass is 16.6. The molecule has 126 valence electrons. The Kier molecular flexibility index (Phi) is 8.32. The molecular weight excluding hydrogens is 286 g/mol. The first-order valence-electron chi connectivity index (χ1n) is 8.04. The highest BCUT2D eigenvalue weighted by molar-refractivity contribution is 5.84. The van der Waals surface area contributed by atoms with E-state index in [4.69, 9.17) is 4.74 Å². The molecule has 0 radical (unpaired) electrons. The molecule has 7 heteroatoms. The molecule has 3 amide bonds. The minimum absolute atomic E-state index is 0.0145. The summed E-state index contributed by atoms with van der Waals surface area (Å²) in [4.78, 5) is 36.4. The maximum atomic E-state index is 11.8. The molecule has 22 heavy (non-hydrogen) atoms. The largest absolute Gasteiger partial charge is 0.450 e. The highest BCUT2D eigenvalue weighted by Gasteiger charge is 2.24. The Morgan fingerprint density at radius 1 is 1.14 bits per heavy atom. The van der Waals surface area contributed by atoms with E-state index in [0.717, 1.165) is 12.8 Å². The summed E-state index contributed by atoms with van der Waals surface area (Å²) in [6, 6.07) is 0.0470. The number of amides is 3. The van der Waals surface area contributed by atoms with Crippen molar-refractivity contribution in [2.24, 2.45) is 0 Å². The van der Waals surface area contributed by atoms with Gasteiger partial charge in [0.15, 0.2) is 0 Å². The maximum Gasteiger partial charge on any atom is 0.409 e. The van der Waals surface area contributed by atoms with Crippen LogP contribution in [0.5, 0.6) is 0 Å². The number of carbonyl (C=O) groups is 3. The number of hydrogen-bond acceptors (Lipinski definition) is 4. The van der Waals surface area contributed by atoms with Gasteiger partial charge >= 0.3 is 6.09 Å². The lowest BCUT2D eigenvalue weighted by Crippen LogP contribution is -2.48. The molecule has 1 aliphatic rings. The molecule has 0 aliphatic carbocycles. The number of hydrogen-bond donors (Lipinski definition) is 2. The van der Waals surface area contributed by atoms with E-state index in [1.54, 1.807) is 11.8 Å². The molecule has 0 saturated carbocycles. The summed E-state index contributed by atoms with van der Waals surface area (Å²) in [6.45, 7) is 5.33. The molecular formula is C15H27N3O4. The van der Waals surface area contributed by atoms with Crippen LogP contribution in [-0.4, -0.2) is 55.1 Å². The van der Waals surface area contributed by atoms with E-state index < -0.39 is 0 Å². The van der Waals surface area contributed by atoms with Crippen LogP contribution >= 0.6 is 0 Å². The van der Waals surface area contributed by atoms with Gasteiger partial charge in [-0.15, -0.1) is 0 Å². The molecule has 0 unspecified atom stereocenters. The van der Waals surface area contributed by atoms with E-state index in [9.17, 15) is 14.4 Å². The molecule has 0 aromatic rings. The minimum atomic E-state index is -0.296. The fraction of sp³-hybridized carbons (Fsp3) is 0.800. The molecule has 0 spiro atoms. The number of carbonyl (C=O) groups excluding carboxylic acids is 3. The summed E-state index contributed by atoms with van der Waals surface area (Å²) in [5, 5.41) is 5.50. The second kappa shape index (κ2) is 10.0. The Balaban J connectivity index is 2.19. The molecule has 0 bridgehead atoms. The summed E-state index contributed by atoms with van der Waals surface area (Å²) in [5.41, 5.74) is 0. The van der Waals surface area contributed by atoms with Crippen molar-refractivity contribution in [1.29, 1.82) is 0 Å². The second-order valence-corrected chi connectivity index (χ2v) is 5.41. The zero-order valence-corrected chi connectivity index (χ0v) is 13.5. The molecule has 7 nitrogen and oxygen atoms in total. The van der Waals surface area contributed by atoms with Gasteiger partial charge in [0.25, 0.3) is 0 Å². The maximum absolute atomic E-state index is 11.8. The molecule has 1 heterocycles. The lowest BCUT2D eigenvalue weighted by atomic mass is 10.1. The summed E-state index contributed by atoms with van der Waals surface area (Å²) in [5.74, 6) is -0.270. The van der Waals surface area contributed by atoms with Crippen LogP contribution in [0, 0.1) is 0 Å². The van der Waals surface area contributed by atoms with Crippen LogP contribution in [0.2, 0.25) is 0 Å². The fourth-order valence-corrected chi connectivity index (χ4v) is 2.30. The van der Waals surface area contributed by atoms with Crippen LogP contribution < -0.4 is 10.6 Å². The van der Waals surface area contributed by atoms with Gasteiger partial charge in [-0.2, -0.15) is 0 Å². The van der Waals surface area contributed by atoms with Crippen molar-refractivity contribution in [1.82, 2.24) is 15.5 Å². The molecule has 1 rings (SSSR count). The molecule has 0 atom stereocenters. The fourth-order valence-electron chi connectivity index (χ4n) is 2.30. The Morgan fingerprint density at radius 3 is 2.41 bits per heavy atom. The van der Waals surface area contributed by atoms with Gasteiger partial charge in [0, 0.05) is 25.6 Å². The number of unbranched alkanes of at least 4 members (excludes halogenated alkanes) is 1. The van der Waals surface area contributed by atoms with E-state index in [-0.39, 0.29) is 30.5 Å². The van der Waals surface area contributed by atoms with Crippen molar-refractivity contribution in [3.63, 3.8) is 0 Å². The van der Waals surface area contributed by atoms with Crippen LogP contribution in [0.25, 0.3) is 0 Å². The molecule has 1 saturated heterocycles. The van der Waals surface area contributed by atoms with Crippen molar-refractivity contribution < 1.29 is 19.1 Å². The van der Waals surface area contributed by atoms with Gasteiger partial charge in [-0.25, -0.2) is 4.79 Å². The average Bonchev–Trinajstić information content (AvgIpc) is 2.52. The molecule has 1 fully saturated rings. The van der Waals surface area contributed by atoms with Crippen molar-refractivity contribution >= 4 is 17.9 Å². The van der Waals surface area contributed by atoms with Gasteiger partial charge in [-0.05, 0) is 26.2 Å². The van der Waals surface area contributed by atoms with Crippen LogP contribution in [0.3, 0.4) is 0 Å². The average molecular weight is 313 g/mol. The van der Waals surface area contributed by atoms with Gasteiger partial charge in [0.05, 0.1) is 13.2 Å². The number of rotatable bonds is 7. The SMILES string of the molecule is CCCCC(=O)NCC(=O)NC1CCN(C(=O)OCC)CC1. The Labute approximate surface area is 131 Å². The van der Waals surface area contributed by atoms with Crippen molar-refractivity contribution in [3.05, 3.63) is 0 Å². The molecule has 0 aromatic carbocycles. The number of ether oxygens (including phenoxy) is 1. The highest BCUT2D eigenvalue weighted by Crippen LogP contribution is 2.11. The summed E-state index contributed by atoms with van der Waals surface area (Å²) < 4.78 is 4.95. The summed E-state index contributed by atoms with van der Waals surface area (Å²) >= 11 is 0. The second-order valence-electron chi connectivity index (χ2n) is 5.41. The first-order chi connectivity index (χ1) is 10.6. The predicted molar refractivity (Wildman–Crippen MR) is 82.3 cm³/mol. The lowest BCUT2D eigenvalue weighted by molar-refractivity contribution is -0.126. The first-order valence-corrected chi connectivity index (χ1v) is 8.04. The van der Waals surface area contributed by atoms with E-state index >= 15 is 0 Å². The zero-order chi connectivity index (χ0) is 16.4. The minimum Gasteiger partial charge on any atom is -0.450 e. The molecule has 0 aromatic heterocycles. The zero-order valence-electron chi connectivity index (χ0n) is 13.5. The van der Waals surface area contributed by atoms with Gasteiger partial charge in [-0.1, -0.05) is 13.3 Å². The standard InChI is InChI=1S/C15H27N3O4/c1-3-5-6-13(19)16-11-14(20)17-12-7-9-18(10-8-12)15(21)22-4-2/h12H,3-11H2,1-2H3,(H,16,19)(H,17,20).